The molecular weight excluding hydrogens is 259 g/mol. The Hall–Kier alpha value is -0.120. The van der Waals surface area contributed by atoms with E-state index in [1.807, 2.05) is 0 Å². The molecule has 0 amide bonds. The van der Waals surface area contributed by atoms with Gasteiger partial charge in [-0.1, -0.05) is 5.04 Å². The van der Waals surface area contributed by atoms with Crippen LogP contribution in [0, 0.1) is 0 Å². The van der Waals surface area contributed by atoms with Gasteiger partial charge in [0.25, 0.3) is 0 Å². The largest absolute Gasteiger partial charge is 0.243 e. The first-order chi connectivity index (χ1) is 7.50. The van der Waals surface area contributed by atoms with Crippen LogP contribution in [0.4, 0.5) is 22.0 Å². The number of hydrogen-bond acceptors (Lipinski definition) is 4. The highest BCUT2D eigenvalue weighted by molar-refractivity contribution is 7.95. The molecule has 1 fully saturated rings. The summed E-state index contributed by atoms with van der Waals surface area (Å²) in [7, 11) is 1.05. The van der Waals surface area contributed by atoms with E-state index in [4.69, 9.17) is 0 Å². The average Bonchev–Trinajstić information content (AvgIpc) is 2.28. The van der Waals surface area contributed by atoms with Crippen LogP contribution < -0.4 is 0 Å². The summed E-state index contributed by atoms with van der Waals surface area (Å²) in [5, 5.41) is 1.97. The van der Waals surface area contributed by atoms with Crippen LogP contribution >= 0.6 is 12.0 Å². The molecule has 9 heteroatoms. The van der Waals surface area contributed by atoms with Crippen LogP contribution in [0.25, 0.3) is 0 Å². The summed E-state index contributed by atoms with van der Waals surface area (Å²) in [5.74, 6) is 0. The van der Waals surface area contributed by atoms with Crippen molar-refractivity contribution in [2.24, 2.45) is 0 Å². The van der Waals surface area contributed by atoms with E-state index >= 15 is 0 Å². The van der Waals surface area contributed by atoms with Gasteiger partial charge in [-0.25, -0.2) is 26.8 Å². The summed E-state index contributed by atoms with van der Waals surface area (Å²) in [6.45, 7) is 0. The van der Waals surface area contributed by atoms with Crippen LogP contribution in [0.15, 0.2) is 0 Å². The lowest BCUT2D eigenvalue weighted by Crippen LogP contribution is -2.55. The number of rotatable bonds is 4. The lowest BCUT2D eigenvalue weighted by molar-refractivity contribution is -0.447. The summed E-state index contributed by atoms with van der Waals surface area (Å²) >= 11 is 0.00380. The Balaban J connectivity index is 2.60. The number of halogens is 5. The van der Waals surface area contributed by atoms with E-state index in [-0.39, 0.29) is 12.0 Å². The first-order valence-electron chi connectivity index (χ1n) is 4.24. The van der Waals surface area contributed by atoms with Crippen molar-refractivity contribution in [3.05, 3.63) is 0 Å². The maximum atomic E-state index is 13.1. The minimum absolute atomic E-state index is 0.00380. The molecule has 4 atom stereocenters. The van der Waals surface area contributed by atoms with Crippen LogP contribution in [-0.4, -0.2) is 43.2 Å². The minimum atomic E-state index is -2.81. The Morgan fingerprint density at radius 2 is 1.25 bits per heavy atom. The van der Waals surface area contributed by atoms with Gasteiger partial charge >= 0.3 is 0 Å². The van der Waals surface area contributed by atoms with E-state index in [0.717, 1.165) is 7.11 Å². The molecule has 0 aromatic carbocycles. The van der Waals surface area contributed by atoms with E-state index in [1.165, 1.54) is 0 Å². The molecule has 1 saturated carbocycles. The quantitative estimate of drug-likeness (QED) is 0.257. The highest BCUT2D eigenvalue weighted by Gasteiger charge is 2.54. The first kappa shape index (κ1) is 13.9. The monoisotopic (exact) mass is 268 g/mol. The van der Waals surface area contributed by atoms with Gasteiger partial charge in [0.15, 0.2) is 30.9 Å². The van der Waals surface area contributed by atoms with Crippen molar-refractivity contribution in [1.29, 1.82) is 0 Å². The first-order valence-corrected chi connectivity index (χ1v) is 5.04. The van der Waals surface area contributed by atoms with E-state index in [9.17, 15) is 22.0 Å². The Morgan fingerprint density at radius 1 is 0.812 bits per heavy atom. The van der Waals surface area contributed by atoms with E-state index < -0.39 is 36.1 Å². The summed E-state index contributed by atoms with van der Waals surface area (Å²) in [4.78, 5) is 3.93. The topological polar surface area (TPSA) is 27.7 Å². The number of alkyl halides is 5. The zero-order valence-corrected chi connectivity index (χ0v) is 8.80. The summed E-state index contributed by atoms with van der Waals surface area (Å²) in [5.41, 5.74) is 0. The van der Waals surface area contributed by atoms with Gasteiger partial charge in [-0.3, -0.25) is 0 Å². The molecule has 0 saturated heterocycles. The molecular formula is C7H9F5O3S. The Morgan fingerprint density at radius 3 is 1.69 bits per heavy atom. The van der Waals surface area contributed by atoms with Gasteiger partial charge in [0.05, 0.1) is 7.11 Å². The second-order valence-corrected chi connectivity index (χ2v) is 3.96. The molecule has 0 heterocycles. The molecule has 4 unspecified atom stereocenters. The van der Waals surface area contributed by atoms with Gasteiger partial charge in [-0.2, -0.15) is 0 Å². The van der Waals surface area contributed by atoms with E-state index in [2.05, 4.69) is 14.3 Å². The summed E-state index contributed by atoms with van der Waals surface area (Å²) < 4.78 is 68.7. The Kier molecular flexibility index (Phi) is 5.22. The maximum absolute atomic E-state index is 13.1. The zero-order chi connectivity index (χ0) is 12.3. The molecule has 0 spiro atoms. The summed E-state index contributed by atoms with van der Waals surface area (Å²) in [6, 6.07) is 0. The SMILES string of the molecule is COOOSC1C(F)C(F)C(F)C(F)C1F. The third-order valence-electron chi connectivity index (χ3n) is 2.09. The highest BCUT2D eigenvalue weighted by atomic mass is 32.2. The van der Waals surface area contributed by atoms with Crippen LogP contribution in [0.5, 0.6) is 0 Å². The van der Waals surface area contributed by atoms with Gasteiger partial charge in [0, 0.05) is 12.0 Å². The minimum Gasteiger partial charge on any atom is -0.243 e. The van der Waals surface area contributed by atoms with Gasteiger partial charge in [-0.15, -0.1) is 4.33 Å². The highest BCUT2D eigenvalue weighted by Crippen LogP contribution is 2.38. The standard InChI is InChI=1S/C7H9F5O3S/c1-13-14-15-16-7-5(11)3(9)2(8)4(10)6(7)12/h2-7H,1H3. The van der Waals surface area contributed by atoms with Gasteiger partial charge in [0.1, 0.15) is 5.25 Å². The van der Waals surface area contributed by atoms with Crippen molar-refractivity contribution >= 4 is 12.0 Å². The van der Waals surface area contributed by atoms with Crippen LogP contribution in [0.1, 0.15) is 0 Å². The van der Waals surface area contributed by atoms with Crippen molar-refractivity contribution in [3.8, 4) is 0 Å². The van der Waals surface area contributed by atoms with Crippen molar-refractivity contribution < 1.29 is 36.2 Å². The molecule has 0 aromatic rings. The maximum Gasteiger partial charge on any atom is 0.168 e. The van der Waals surface area contributed by atoms with Crippen molar-refractivity contribution in [3.63, 3.8) is 0 Å². The van der Waals surface area contributed by atoms with E-state index in [0.29, 0.717) is 0 Å². The van der Waals surface area contributed by atoms with E-state index in [1.54, 1.807) is 0 Å². The molecule has 0 radical (unpaired) electrons. The van der Waals surface area contributed by atoms with Crippen molar-refractivity contribution in [1.82, 2.24) is 0 Å². The third-order valence-corrected chi connectivity index (χ3v) is 2.97. The number of hydrogen-bond donors (Lipinski definition) is 0. The lowest BCUT2D eigenvalue weighted by atomic mass is 9.91. The molecule has 96 valence electrons. The lowest BCUT2D eigenvalue weighted by Gasteiger charge is -2.34. The average molecular weight is 268 g/mol. The second kappa shape index (κ2) is 5.99. The molecule has 0 bridgehead atoms. The van der Waals surface area contributed by atoms with Gasteiger partial charge in [0.2, 0.25) is 0 Å². The van der Waals surface area contributed by atoms with Crippen molar-refractivity contribution in [2.45, 2.75) is 36.1 Å². The molecule has 16 heavy (non-hydrogen) atoms. The fourth-order valence-electron chi connectivity index (χ4n) is 1.26. The van der Waals surface area contributed by atoms with Crippen LogP contribution in [-0.2, 0) is 14.3 Å². The zero-order valence-electron chi connectivity index (χ0n) is 7.99. The molecule has 0 aliphatic heterocycles. The summed E-state index contributed by atoms with van der Waals surface area (Å²) in [6.07, 6.45) is -13.3. The van der Waals surface area contributed by atoms with Crippen LogP contribution in [0.2, 0.25) is 0 Å². The molecule has 3 nitrogen and oxygen atoms in total. The smallest absolute Gasteiger partial charge is 0.168 e. The molecule has 1 rings (SSSR count). The second-order valence-electron chi connectivity index (χ2n) is 3.09. The normalized spacial score (nSPS) is 44.6. The fourth-order valence-corrected chi connectivity index (χ4v) is 1.95. The Labute approximate surface area is 92.3 Å². The predicted octanol–water partition coefficient (Wildman–Crippen LogP) is 2.22. The van der Waals surface area contributed by atoms with Gasteiger partial charge in [-0.05, 0) is 0 Å². The Bertz CT molecular complexity index is 208. The van der Waals surface area contributed by atoms with Crippen LogP contribution in [0.3, 0.4) is 0 Å². The molecule has 0 aromatic heterocycles. The fraction of sp³-hybridized carbons (Fsp3) is 1.00. The third kappa shape index (κ3) is 2.76. The molecule has 1 aliphatic rings. The molecule has 0 N–H and O–H groups in total. The van der Waals surface area contributed by atoms with Gasteiger partial charge < -0.3 is 0 Å². The predicted molar refractivity (Wildman–Crippen MR) is 45.0 cm³/mol. The van der Waals surface area contributed by atoms with Crippen molar-refractivity contribution in [2.75, 3.05) is 7.11 Å². The molecule has 1 aliphatic carbocycles.